The van der Waals surface area contributed by atoms with Crippen molar-refractivity contribution in [3.63, 3.8) is 0 Å². The van der Waals surface area contributed by atoms with E-state index in [4.69, 9.17) is 15.2 Å². The van der Waals surface area contributed by atoms with Crippen LogP contribution >= 0.6 is 0 Å². The van der Waals surface area contributed by atoms with Gasteiger partial charge in [0.25, 0.3) is 0 Å². The van der Waals surface area contributed by atoms with Crippen LogP contribution in [-0.4, -0.2) is 44.4 Å². The molecule has 2 bridgehead atoms. The molecule has 0 saturated carbocycles. The molecule has 0 amide bonds. The number of hydrogen-bond donors (Lipinski definition) is 1. The third kappa shape index (κ3) is 1.92. The van der Waals surface area contributed by atoms with Gasteiger partial charge in [-0.25, -0.2) is 0 Å². The number of fused-ring (bicyclic) bond motifs is 2. The smallest absolute Gasteiger partial charge is 0.385 e. The van der Waals surface area contributed by atoms with Crippen molar-refractivity contribution in [2.24, 2.45) is 0 Å². The second-order valence-corrected chi connectivity index (χ2v) is 4.60. The van der Waals surface area contributed by atoms with E-state index in [-0.39, 0.29) is 13.0 Å². The topological polar surface area (TPSA) is 166 Å². The van der Waals surface area contributed by atoms with E-state index in [1.54, 1.807) is 0 Å². The maximum Gasteiger partial charge on any atom is 0.443 e. The van der Waals surface area contributed by atoms with Gasteiger partial charge < -0.3 is 35.4 Å². The Morgan fingerprint density at radius 1 is 1.33 bits per heavy atom. The molecule has 0 unspecified atom stereocenters. The summed E-state index contributed by atoms with van der Waals surface area (Å²) >= 11 is 0. The van der Waals surface area contributed by atoms with Crippen molar-refractivity contribution >= 4 is 23.1 Å². The maximum absolute atomic E-state index is 11.7. The highest BCUT2D eigenvalue weighted by molar-refractivity contribution is 5.83. The third-order valence-corrected chi connectivity index (χ3v) is 3.37. The van der Waals surface area contributed by atoms with Crippen molar-refractivity contribution in [2.45, 2.75) is 24.9 Å². The highest BCUT2D eigenvalue weighted by Gasteiger charge is 2.51. The number of nitrogens with zero attached hydrogens (tertiary/aromatic N) is 4. The molecule has 0 aliphatic carbocycles. The molecule has 0 aromatic carbocycles. The molecule has 1 aromatic rings. The van der Waals surface area contributed by atoms with Crippen LogP contribution in [0.25, 0.3) is 0 Å². The summed E-state index contributed by atoms with van der Waals surface area (Å²) in [5.74, 6) is -1.96. The molecule has 12 nitrogen and oxygen atoms in total. The SMILES string of the molecule is Nc1c([N+](=O)[O-])nn([C@H]2CC(=O)[C@@H]3OC[C@H]2O3)c1[N+](=O)[O-]. The number of anilines is 1. The first-order valence-electron chi connectivity index (χ1n) is 5.86. The summed E-state index contributed by atoms with van der Waals surface area (Å²) in [6.45, 7) is 0.0474. The lowest BCUT2D eigenvalue weighted by Crippen LogP contribution is -2.37. The van der Waals surface area contributed by atoms with Crippen molar-refractivity contribution in [1.29, 1.82) is 0 Å². The van der Waals surface area contributed by atoms with Gasteiger partial charge in [-0.2, -0.15) is 0 Å². The average Bonchev–Trinajstić information content (AvgIpc) is 2.97. The Hall–Kier alpha value is -2.60. The molecule has 2 aliphatic heterocycles. The predicted molar refractivity (Wildman–Crippen MR) is 63.2 cm³/mol. The van der Waals surface area contributed by atoms with Crippen LogP contribution in [0.15, 0.2) is 0 Å². The molecule has 3 atom stereocenters. The van der Waals surface area contributed by atoms with E-state index in [1.807, 2.05) is 0 Å². The maximum atomic E-state index is 11.7. The molecule has 2 fully saturated rings. The molecule has 1 aromatic heterocycles. The number of carbonyl (C=O) groups is 1. The summed E-state index contributed by atoms with van der Waals surface area (Å²) in [7, 11) is 0. The standard InChI is InChI=1S/C9H9N5O7/c10-6-7(13(16)17)11-12(8(6)14(18)19)3-1-4(15)9-20-2-5(3)21-9/h3,5,9H,1-2,10H2/t3-,5+,9+/m0/s1. The molecular weight excluding hydrogens is 290 g/mol. The Bertz CT molecular complexity index is 655. The average molecular weight is 299 g/mol. The van der Waals surface area contributed by atoms with Gasteiger partial charge >= 0.3 is 11.6 Å². The molecule has 2 saturated heterocycles. The molecule has 0 spiro atoms. The number of ether oxygens (including phenoxy) is 2. The van der Waals surface area contributed by atoms with Gasteiger partial charge in [0, 0.05) is 0 Å². The zero-order chi connectivity index (χ0) is 15.3. The minimum atomic E-state index is -0.979. The Labute approximate surface area is 115 Å². The highest BCUT2D eigenvalue weighted by Crippen LogP contribution is 2.39. The lowest BCUT2D eigenvalue weighted by molar-refractivity contribution is -0.393. The third-order valence-electron chi connectivity index (χ3n) is 3.37. The second-order valence-electron chi connectivity index (χ2n) is 4.60. The second kappa shape index (κ2) is 4.46. The van der Waals surface area contributed by atoms with Gasteiger partial charge in [-0.3, -0.25) is 4.79 Å². The normalized spacial score (nSPS) is 27.8. The number of hydrogen-bond acceptors (Lipinski definition) is 9. The van der Waals surface area contributed by atoms with Crippen molar-refractivity contribution in [3.8, 4) is 0 Å². The van der Waals surface area contributed by atoms with Gasteiger partial charge in [0.1, 0.15) is 6.10 Å². The Balaban J connectivity index is 2.09. The fourth-order valence-corrected chi connectivity index (χ4v) is 2.44. The molecule has 21 heavy (non-hydrogen) atoms. The molecule has 3 heterocycles. The molecule has 2 aliphatic rings. The van der Waals surface area contributed by atoms with Crippen molar-refractivity contribution in [1.82, 2.24) is 9.78 Å². The number of ketones is 1. The lowest BCUT2D eigenvalue weighted by atomic mass is 10.0. The van der Waals surface area contributed by atoms with E-state index in [1.165, 1.54) is 0 Å². The van der Waals surface area contributed by atoms with Gasteiger partial charge in [0.15, 0.2) is 16.9 Å². The Morgan fingerprint density at radius 3 is 2.67 bits per heavy atom. The molecule has 0 radical (unpaired) electrons. The molecule has 112 valence electrons. The summed E-state index contributed by atoms with van der Waals surface area (Å²) in [4.78, 5) is 31.8. The molecule has 3 rings (SSSR count). The predicted octanol–water partition coefficient (Wildman–Crippen LogP) is -0.463. The zero-order valence-electron chi connectivity index (χ0n) is 10.4. The largest absolute Gasteiger partial charge is 0.443 e. The number of aromatic nitrogens is 2. The summed E-state index contributed by atoms with van der Waals surface area (Å²) in [5, 5.41) is 25.5. The van der Waals surface area contributed by atoms with Crippen LogP contribution in [0.1, 0.15) is 12.5 Å². The fourth-order valence-electron chi connectivity index (χ4n) is 2.44. The van der Waals surface area contributed by atoms with Crippen molar-refractivity contribution < 1.29 is 24.1 Å². The summed E-state index contributed by atoms with van der Waals surface area (Å²) in [6, 6.07) is -0.868. The quantitative estimate of drug-likeness (QED) is 0.573. The minimum absolute atomic E-state index is 0.0474. The van der Waals surface area contributed by atoms with Gasteiger partial charge in [0.05, 0.1) is 13.0 Å². The van der Waals surface area contributed by atoms with E-state index >= 15 is 0 Å². The number of nitrogen functional groups attached to an aromatic ring is 1. The minimum Gasteiger partial charge on any atom is -0.385 e. The van der Waals surface area contributed by atoms with Crippen LogP contribution in [0.4, 0.5) is 17.3 Å². The van der Waals surface area contributed by atoms with Crippen LogP contribution in [-0.2, 0) is 14.3 Å². The van der Waals surface area contributed by atoms with Gasteiger partial charge in [-0.1, -0.05) is 0 Å². The Morgan fingerprint density at radius 2 is 2.05 bits per heavy atom. The summed E-state index contributed by atoms with van der Waals surface area (Å²) in [6.07, 6.45) is -1.76. The first-order valence-corrected chi connectivity index (χ1v) is 5.86. The van der Waals surface area contributed by atoms with E-state index in [0.29, 0.717) is 0 Å². The number of carbonyl (C=O) groups excluding carboxylic acids is 1. The van der Waals surface area contributed by atoms with Crippen LogP contribution in [0.5, 0.6) is 0 Å². The van der Waals surface area contributed by atoms with E-state index in [9.17, 15) is 25.0 Å². The number of nitrogens with two attached hydrogens (primary N) is 1. The first kappa shape index (κ1) is 13.4. The molecule has 2 N–H and O–H groups in total. The molecule has 12 heteroatoms. The van der Waals surface area contributed by atoms with E-state index < -0.39 is 51.4 Å². The summed E-state index contributed by atoms with van der Waals surface area (Å²) < 4.78 is 11.1. The zero-order valence-corrected chi connectivity index (χ0v) is 10.4. The van der Waals surface area contributed by atoms with Gasteiger partial charge in [0.2, 0.25) is 12.0 Å². The van der Waals surface area contributed by atoms with Crippen LogP contribution in [0.2, 0.25) is 0 Å². The lowest BCUT2D eigenvalue weighted by Gasteiger charge is -2.21. The number of rotatable bonds is 3. The van der Waals surface area contributed by atoms with Crippen LogP contribution < -0.4 is 5.73 Å². The Kier molecular flexibility index (Phi) is 2.84. The number of nitro groups is 2. The van der Waals surface area contributed by atoms with Crippen LogP contribution in [0.3, 0.4) is 0 Å². The summed E-state index contributed by atoms with van der Waals surface area (Å²) in [5.41, 5.74) is 4.77. The van der Waals surface area contributed by atoms with Crippen LogP contribution in [0, 0.1) is 20.2 Å². The monoisotopic (exact) mass is 299 g/mol. The van der Waals surface area contributed by atoms with Crippen molar-refractivity contribution in [3.05, 3.63) is 20.2 Å². The highest BCUT2D eigenvalue weighted by atomic mass is 16.7. The van der Waals surface area contributed by atoms with Gasteiger partial charge in [-0.15, -0.1) is 0 Å². The van der Waals surface area contributed by atoms with E-state index in [2.05, 4.69) is 5.10 Å². The molecular formula is C9H9N5O7. The van der Waals surface area contributed by atoms with E-state index in [0.717, 1.165) is 4.68 Å². The fraction of sp³-hybridized carbons (Fsp3) is 0.556. The van der Waals surface area contributed by atoms with Gasteiger partial charge in [-0.05, 0) is 14.5 Å². The van der Waals surface area contributed by atoms with Crippen molar-refractivity contribution in [2.75, 3.05) is 12.3 Å². The number of Topliss-reactive ketones (excluding diaryl/α,β-unsaturated/α-hetero) is 1. The first-order chi connectivity index (χ1) is 9.90.